The highest BCUT2D eigenvalue weighted by atomic mass is 16.6. The Hall–Kier alpha value is -1.59. The van der Waals surface area contributed by atoms with Crippen molar-refractivity contribution in [1.82, 2.24) is 10.2 Å². The molecule has 0 aromatic heterocycles. The van der Waals surface area contributed by atoms with Gasteiger partial charge in [-0.05, 0) is 25.5 Å². The van der Waals surface area contributed by atoms with Crippen molar-refractivity contribution >= 4 is 6.09 Å². The van der Waals surface area contributed by atoms with E-state index in [-0.39, 0.29) is 6.09 Å². The second kappa shape index (κ2) is 6.24. The molecular weight excluding hydrogens is 256 g/mol. The van der Waals surface area contributed by atoms with Crippen LogP contribution in [0.25, 0.3) is 0 Å². The zero-order valence-corrected chi connectivity index (χ0v) is 11.5. The van der Waals surface area contributed by atoms with E-state index < -0.39 is 0 Å². The van der Waals surface area contributed by atoms with Crippen molar-refractivity contribution in [3.8, 4) is 5.75 Å². The zero-order valence-electron chi connectivity index (χ0n) is 11.5. The van der Waals surface area contributed by atoms with Crippen LogP contribution in [0.4, 0.5) is 4.79 Å². The highest BCUT2D eigenvalue weighted by Crippen LogP contribution is 2.30. The average Bonchev–Trinajstić information content (AvgIpc) is 3.03. The second-order valence-electron chi connectivity index (χ2n) is 5.15. The first kappa shape index (κ1) is 13.4. The Kier molecular flexibility index (Phi) is 4.18. The molecule has 3 rings (SSSR count). The van der Waals surface area contributed by atoms with Gasteiger partial charge in [0.1, 0.15) is 5.75 Å². The molecule has 0 aliphatic carbocycles. The quantitative estimate of drug-likeness (QED) is 0.897. The third-order valence-corrected chi connectivity index (χ3v) is 3.82. The van der Waals surface area contributed by atoms with Crippen LogP contribution in [0.5, 0.6) is 5.75 Å². The van der Waals surface area contributed by atoms with Gasteiger partial charge in [-0.25, -0.2) is 4.79 Å². The number of rotatable bonds is 2. The Bertz CT molecular complexity index is 466. The molecule has 0 saturated carbocycles. The Morgan fingerprint density at radius 3 is 2.85 bits per heavy atom. The second-order valence-corrected chi connectivity index (χ2v) is 5.15. The molecule has 1 N–H and O–H groups in total. The molecule has 2 aliphatic rings. The lowest BCUT2D eigenvalue weighted by Crippen LogP contribution is -2.42. The molecule has 1 aromatic rings. The van der Waals surface area contributed by atoms with Gasteiger partial charge in [-0.1, -0.05) is 18.2 Å². The molecule has 0 spiro atoms. The minimum absolute atomic E-state index is 0.279. The van der Waals surface area contributed by atoms with Crippen LogP contribution < -0.4 is 10.1 Å². The maximum absolute atomic E-state index is 12.2. The first-order valence-electron chi connectivity index (χ1n) is 7.21. The molecule has 108 valence electrons. The average molecular weight is 276 g/mol. The zero-order chi connectivity index (χ0) is 13.8. The van der Waals surface area contributed by atoms with E-state index >= 15 is 0 Å². The summed E-state index contributed by atoms with van der Waals surface area (Å²) in [6, 6.07) is 8.09. The molecule has 0 radical (unpaired) electrons. The summed E-state index contributed by atoms with van der Waals surface area (Å²) in [6.45, 7) is 3.39. The van der Waals surface area contributed by atoms with E-state index in [1.807, 2.05) is 24.3 Å². The minimum Gasteiger partial charge on any atom is -0.410 e. The number of para-hydroxylation sites is 1. The van der Waals surface area contributed by atoms with Gasteiger partial charge in [0, 0.05) is 24.7 Å². The summed E-state index contributed by atoms with van der Waals surface area (Å²) in [5.41, 5.74) is 1.08. The molecule has 5 nitrogen and oxygen atoms in total. The van der Waals surface area contributed by atoms with E-state index in [2.05, 4.69) is 5.32 Å². The van der Waals surface area contributed by atoms with E-state index in [9.17, 15) is 4.79 Å². The molecule has 2 fully saturated rings. The van der Waals surface area contributed by atoms with Crippen LogP contribution in [-0.4, -0.2) is 43.8 Å². The van der Waals surface area contributed by atoms with Gasteiger partial charge in [0.2, 0.25) is 0 Å². The number of nitrogens with zero attached hydrogens (tertiary/aromatic N) is 1. The summed E-state index contributed by atoms with van der Waals surface area (Å²) in [5.74, 6) is 0.670. The fourth-order valence-electron chi connectivity index (χ4n) is 2.72. The number of carbonyl (C=O) groups is 1. The number of benzene rings is 1. The van der Waals surface area contributed by atoms with Crippen molar-refractivity contribution in [2.45, 2.75) is 18.9 Å². The lowest BCUT2D eigenvalue weighted by molar-refractivity contribution is 0.0414. The molecule has 2 saturated heterocycles. The van der Waals surface area contributed by atoms with Crippen LogP contribution in [0.3, 0.4) is 0 Å². The molecule has 2 heterocycles. The molecule has 1 aromatic carbocycles. The van der Waals surface area contributed by atoms with Crippen LogP contribution in [-0.2, 0) is 4.74 Å². The van der Waals surface area contributed by atoms with Crippen LogP contribution >= 0.6 is 0 Å². The topological polar surface area (TPSA) is 50.8 Å². The monoisotopic (exact) mass is 276 g/mol. The summed E-state index contributed by atoms with van der Waals surface area (Å²) in [7, 11) is 0. The van der Waals surface area contributed by atoms with Gasteiger partial charge in [0.05, 0.1) is 13.2 Å². The third kappa shape index (κ3) is 2.94. The van der Waals surface area contributed by atoms with Crippen LogP contribution in [0.2, 0.25) is 0 Å². The Labute approximate surface area is 118 Å². The first-order chi connectivity index (χ1) is 9.84. The van der Waals surface area contributed by atoms with E-state index in [0.717, 1.165) is 24.9 Å². The van der Waals surface area contributed by atoms with E-state index in [1.165, 1.54) is 0 Å². The first-order valence-corrected chi connectivity index (χ1v) is 7.21. The summed E-state index contributed by atoms with van der Waals surface area (Å²) >= 11 is 0. The highest BCUT2D eigenvalue weighted by Gasteiger charge is 2.23. The van der Waals surface area contributed by atoms with Gasteiger partial charge in [-0.3, -0.25) is 0 Å². The van der Waals surface area contributed by atoms with Crippen LogP contribution in [0.1, 0.15) is 24.4 Å². The molecular formula is C15H20N2O3. The Morgan fingerprint density at radius 2 is 2.10 bits per heavy atom. The maximum Gasteiger partial charge on any atom is 0.415 e. The fraction of sp³-hybridized carbons (Fsp3) is 0.533. The predicted molar refractivity (Wildman–Crippen MR) is 74.8 cm³/mol. The van der Waals surface area contributed by atoms with Gasteiger partial charge in [0.25, 0.3) is 0 Å². The Balaban J connectivity index is 1.71. The largest absolute Gasteiger partial charge is 0.415 e. The van der Waals surface area contributed by atoms with Crippen LogP contribution in [0.15, 0.2) is 24.3 Å². The lowest BCUT2D eigenvalue weighted by atomic mass is 10.0. The van der Waals surface area contributed by atoms with Crippen LogP contribution in [0, 0.1) is 0 Å². The number of morpholine rings is 1. The number of nitrogens with one attached hydrogen (secondary N) is 1. The summed E-state index contributed by atoms with van der Waals surface area (Å²) in [6.07, 6.45) is 1.97. The molecule has 2 aliphatic heterocycles. The molecule has 1 amide bonds. The number of carbonyl (C=O) groups excluding carboxylic acids is 1. The Morgan fingerprint density at radius 1 is 1.30 bits per heavy atom. The van der Waals surface area contributed by atoms with Gasteiger partial charge in [-0.2, -0.15) is 0 Å². The third-order valence-electron chi connectivity index (χ3n) is 3.82. The van der Waals surface area contributed by atoms with E-state index in [4.69, 9.17) is 9.47 Å². The van der Waals surface area contributed by atoms with Crippen molar-refractivity contribution in [3.63, 3.8) is 0 Å². The molecule has 5 heteroatoms. The van der Waals surface area contributed by atoms with Gasteiger partial charge >= 0.3 is 6.09 Å². The number of ether oxygens (including phenoxy) is 2. The number of hydrogen-bond donors (Lipinski definition) is 1. The van der Waals surface area contributed by atoms with Crippen molar-refractivity contribution in [2.75, 3.05) is 32.8 Å². The fourth-order valence-corrected chi connectivity index (χ4v) is 2.72. The van der Waals surface area contributed by atoms with Crippen molar-refractivity contribution < 1.29 is 14.3 Å². The molecule has 0 unspecified atom stereocenters. The molecule has 0 bridgehead atoms. The highest BCUT2D eigenvalue weighted by molar-refractivity contribution is 5.71. The van der Waals surface area contributed by atoms with E-state index in [1.54, 1.807) is 4.90 Å². The normalized spacial score (nSPS) is 22.8. The molecule has 20 heavy (non-hydrogen) atoms. The maximum atomic E-state index is 12.2. The summed E-state index contributed by atoms with van der Waals surface area (Å²) in [5, 5.41) is 3.44. The van der Waals surface area contributed by atoms with Crippen molar-refractivity contribution in [3.05, 3.63) is 29.8 Å². The lowest BCUT2D eigenvalue weighted by Gasteiger charge is -2.26. The van der Waals surface area contributed by atoms with Crippen molar-refractivity contribution in [1.29, 1.82) is 0 Å². The van der Waals surface area contributed by atoms with Gasteiger partial charge < -0.3 is 19.7 Å². The molecule has 1 atom stereocenters. The summed E-state index contributed by atoms with van der Waals surface area (Å²) < 4.78 is 10.8. The standard InChI is InChI=1S/C15H20N2O3/c18-15(17-8-10-19-11-9-17)20-14-6-2-1-4-12(14)13-5-3-7-16-13/h1-2,4,6,13,16H,3,5,7-11H2/t13-/m1/s1. The van der Waals surface area contributed by atoms with Gasteiger partial charge in [-0.15, -0.1) is 0 Å². The van der Waals surface area contributed by atoms with Gasteiger partial charge in [0.15, 0.2) is 0 Å². The van der Waals surface area contributed by atoms with E-state index in [0.29, 0.717) is 38.1 Å². The summed E-state index contributed by atoms with van der Waals surface area (Å²) in [4.78, 5) is 13.9. The minimum atomic E-state index is -0.279. The number of amides is 1. The predicted octanol–water partition coefficient (Wildman–Crippen LogP) is 1.94. The number of hydrogen-bond acceptors (Lipinski definition) is 4. The SMILES string of the molecule is O=C(Oc1ccccc1[C@H]1CCCN1)N1CCOCC1. The van der Waals surface area contributed by atoms with Crippen molar-refractivity contribution in [2.24, 2.45) is 0 Å². The smallest absolute Gasteiger partial charge is 0.410 e.